The molecule has 36 heavy (non-hydrogen) atoms. The minimum absolute atomic E-state index is 0.125. The molecule has 1 aromatic heterocycles. The Labute approximate surface area is 215 Å². The maximum atomic E-state index is 13.7. The van der Waals surface area contributed by atoms with Gasteiger partial charge in [-0.1, -0.05) is 38.1 Å². The Hall–Kier alpha value is -3.45. The van der Waals surface area contributed by atoms with Crippen LogP contribution in [0, 0.1) is 5.82 Å². The first kappa shape index (κ1) is 25.6. The van der Waals surface area contributed by atoms with Gasteiger partial charge in [0.25, 0.3) is 5.91 Å². The van der Waals surface area contributed by atoms with Crippen molar-refractivity contribution in [1.82, 2.24) is 9.80 Å². The number of fused-ring (bicyclic) bond motifs is 1. The molecule has 1 unspecified atom stereocenters. The summed E-state index contributed by atoms with van der Waals surface area (Å²) in [6.07, 6.45) is 2.33. The van der Waals surface area contributed by atoms with Gasteiger partial charge in [0.15, 0.2) is 0 Å². The number of hydrogen-bond donors (Lipinski definition) is 0. The molecule has 0 aliphatic carbocycles. The lowest BCUT2D eigenvalue weighted by molar-refractivity contribution is -0.135. The summed E-state index contributed by atoms with van der Waals surface area (Å²) >= 11 is 1.69. The van der Waals surface area contributed by atoms with Crippen molar-refractivity contribution in [3.63, 3.8) is 0 Å². The highest BCUT2D eigenvalue weighted by Crippen LogP contribution is 2.34. The maximum Gasteiger partial charge on any atom is 0.254 e. The minimum Gasteiger partial charge on any atom is -0.491 e. The molecule has 5 nitrogen and oxygen atoms in total. The summed E-state index contributed by atoms with van der Waals surface area (Å²) in [6.45, 7) is 8.93. The number of amides is 2. The van der Waals surface area contributed by atoms with E-state index in [1.54, 1.807) is 28.4 Å². The number of thiophene rings is 1. The highest BCUT2D eigenvalue weighted by Gasteiger charge is 2.33. The van der Waals surface area contributed by atoms with E-state index in [1.165, 1.54) is 33.5 Å². The van der Waals surface area contributed by atoms with Crippen molar-refractivity contribution in [2.45, 2.75) is 32.2 Å². The number of carbonyl (C=O) groups is 2. The van der Waals surface area contributed by atoms with Gasteiger partial charge in [0.2, 0.25) is 5.91 Å². The summed E-state index contributed by atoms with van der Waals surface area (Å²) < 4.78 is 19.8. The van der Waals surface area contributed by atoms with E-state index in [4.69, 9.17) is 4.74 Å². The fourth-order valence-electron chi connectivity index (χ4n) is 4.43. The smallest absolute Gasteiger partial charge is 0.254 e. The van der Waals surface area contributed by atoms with Gasteiger partial charge in [-0.15, -0.1) is 17.9 Å². The zero-order valence-electron chi connectivity index (χ0n) is 20.7. The molecule has 1 aliphatic rings. The van der Waals surface area contributed by atoms with Gasteiger partial charge in [-0.3, -0.25) is 9.59 Å². The molecule has 7 heteroatoms. The number of carbonyl (C=O) groups excluding carboxylic acids is 2. The van der Waals surface area contributed by atoms with Crippen molar-refractivity contribution >= 4 is 23.2 Å². The summed E-state index contributed by atoms with van der Waals surface area (Å²) in [5.41, 5.74) is 2.53. The van der Waals surface area contributed by atoms with Crippen LogP contribution in [0.5, 0.6) is 5.75 Å². The molecule has 0 spiro atoms. The second-order valence-corrected chi connectivity index (χ2v) is 10.2. The monoisotopic (exact) mass is 506 g/mol. The maximum absolute atomic E-state index is 13.7. The van der Waals surface area contributed by atoms with E-state index in [1.807, 2.05) is 17.5 Å². The SMILES string of the molecule is C=CCN(CC(=O)N1CCc2sccc2C1COc1ccc(C(C)C)cc1)C(=O)c1cccc(F)c1. The molecular formula is C29H31FN2O3S. The van der Waals surface area contributed by atoms with E-state index in [0.717, 1.165) is 17.7 Å². The van der Waals surface area contributed by atoms with Crippen LogP contribution in [0.4, 0.5) is 4.39 Å². The Bertz CT molecular complexity index is 1220. The number of halogens is 1. The van der Waals surface area contributed by atoms with Crippen molar-refractivity contribution in [1.29, 1.82) is 0 Å². The molecule has 0 saturated carbocycles. The lowest BCUT2D eigenvalue weighted by Gasteiger charge is -2.37. The van der Waals surface area contributed by atoms with Crippen molar-refractivity contribution in [3.8, 4) is 5.75 Å². The molecule has 4 rings (SSSR count). The second-order valence-electron chi connectivity index (χ2n) is 9.17. The van der Waals surface area contributed by atoms with Crippen LogP contribution in [0.15, 0.2) is 72.6 Å². The zero-order chi connectivity index (χ0) is 25.7. The molecule has 0 fully saturated rings. The molecule has 1 atom stereocenters. The van der Waals surface area contributed by atoms with Crippen LogP contribution in [0.3, 0.4) is 0 Å². The minimum atomic E-state index is -0.495. The predicted molar refractivity (Wildman–Crippen MR) is 141 cm³/mol. The first-order valence-corrected chi connectivity index (χ1v) is 13.0. The Kier molecular flexibility index (Phi) is 8.21. The third kappa shape index (κ3) is 5.85. The summed E-state index contributed by atoms with van der Waals surface area (Å²) in [6, 6.07) is 15.3. The van der Waals surface area contributed by atoms with E-state index in [9.17, 15) is 14.0 Å². The van der Waals surface area contributed by atoms with Gasteiger partial charge in [-0.05, 0) is 65.2 Å². The number of hydrogen-bond acceptors (Lipinski definition) is 4. The topological polar surface area (TPSA) is 49.9 Å². The largest absolute Gasteiger partial charge is 0.491 e. The van der Waals surface area contributed by atoms with E-state index in [-0.39, 0.29) is 30.6 Å². The van der Waals surface area contributed by atoms with E-state index < -0.39 is 11.7 Å². The molecule has 2 heterocycles. The molecule has 0 saturated heterocycles. The van der Waals surface area contributed by atoms with Gasteiger partial charge < -0.3 is 14.5 Å². The number of nitrogens with zero attached hydrogens (tertiary/aromatic N) is 2. The van der Waals surface area contributed by atoms with Crippen LogP contribution in [-0.2, 0) is 11.2 Å². The predicted octanol–water partition coefficient (Wildman–Crippen LogP) is 5.84. The fourth-order valence-corrected chi connectivity index (χ4v) is 5.36. The summed E-state index contributed by atoms with van der Waals surface area (Å²) in [7, 11) is 0. The first-order chi connectivity index (χ1) is 17.4. The zero-order valence-corrected chi connectivity index (χ0v) is 21.5. The van der Waals surface area contributed by atoms with Gasteiger partial charge in [-0.2, -0.15) is 0 Å². The Balaban J connectivity index is 1.51. The van der Waals surface area contributed by atoms with E-state index in [2.05, 4.69) is 38.6 Å². The summed E-state index contributed by atoms with van der Waals surface area (Å²) in [5, 5.41) is 2.04. The number of rotatable bonds is 9. The Morgan fingerprint density at radius 2 is 2.00 bits per heavy atom. The normalized spacial score (nSPS) is 14.9. The molecular weight excluding hydrogens is 475 g/mol. The highest BCUT2D eigenvalue weighted by atomic mass is 32.1. The van der Waals surface area contributed by atoms with E-state index in [0.29, 0.717) is 19.1 Å². The van der Waals surface area contributed by atoms with Gasteiger partial charge in [0.05, 0.1) is 6.04 Å². The van der Waals surface area contributed by atoms with Gasteiger partial charge in [0.1, 0.15) is 24.7 Å². The average molecular weight is 507 g/mol. The number of benzene rings is 2. The Morgan fingerprint density at radius 1 is 1.22 bits per heavy atom. The highest BCUT2D eigenvalue weighted by molar-refractivity contribution is 7.10. The average Bonchev–Trinajstić information content (AvgIpc) is 3.36. The third-order valence-corrected chi connectivity index (χ3v) is 7.40. The summed E-state index contributed by atoms with van der Waals surface area (Å²) in [4.78, 5) is 31.0. The molecule has 2 amide bonds. The van der Waals surface area contributed by atoms with Crippen LogP contribution in [0.2, 0.25) is 0 Å². The van der Waals surface area contributed by atoms with Crippen LogP contribution < -0.4 is 4.74 Å². The van der Waals surface area contributed by atoms with Crippen LogP contribution in [-0.4, -0.2) is 47.9 Å². The molecule has 2 aromatic carbocycles. The molecule has 3 aromatic rings. The second kappa shape index (κ2) is 11.5. The molecule has 0 N–H and O–H groups in total. The van der Waals surface area contributed by atoms with Gasteiger partial charge >= 0.3 is 0 Å². The van der Waals surface area contributed by atoms with Crippen molar-refractivity contribution in [2.75, 3.05) is 26.2 Å². The van der Waals surface area contributed by atoms with E-state index >= 15 is 0 Å². The molecule has 0 radical (unpaired) electrons. The standard InChI is InChI=1S/C29H31FN2O3S/c1-4-14-31(29(34)22-6-5-7-23(30)17-22)18-28(33)32-15-12-27-25(13-16-36-27)26(32)19-35-24-10-8-21(9-11-24)20(2)3/h4-11,13,16-17,20,26H,1,12,14-15,18-19H2,2-3H3. The van der Waals surface area contributed by atoms with Crippen molar-refractivity contribution in [3.05, 3.63) is 100 Å². The quantitative estimate of drug-likeness (QED) is 0.343. The fraction of sp³-hybridized carbons (Fsp3) is 0.310. The molecule has 1 aliphatic heterocycles. The summed E-state index contributed by atoms with van der Waals surface area (Å²) in [5.74, 6) is 0.109. The van der Waals surface area contributed by atoms with Crippen LogP contribution >= 0.6 is 11.3 Å². The first-order valence-electron chi connectivity index (χ1n) is 12.1. The lowest BCUT2D eigenvalue weighted by Crippen LogP contribution is -2.47. The molecule has 0 bridgehead atoms. The number of ether oxygens (including phenoxy) is 1. The Morgan fingerprint density at radius 3 is 2.69 bits per heavy atom. The molecule has 188 valence electrons. The van der Waals surface area contributed by atoms with Crippen molar-refractivity contribution in [2.24, 2.45) is 0 Å². The van der Waals surface area contributed by atoms with Gasteiger partial charge in [0, 0.05) is 23.5 Å². The van der Waals surface area contributed by atoms with Crippen LogP contribution in [0.25, 0.3) is 0 Å². The van der Waals surface area contributed by atoms with Gasteiger partial charge in [-0.25, -0.2) is 4.39 Å². The lowest BCUT2D eigenvalue weighted by atomic mass is 10.00. The third-order valence-electron chi connectivity index (χ3n) is 6.40. The van der Waals surface area contributed by atoms with Crippen molar-refractivity contribution < 1.29 is 18.7 Å². The van der Waals surface area contributed by atoms with Crippen LogP contribution in [0.1, 0.15) is 52.2 Å².